The molecule has 24 heavy (non-hydrogen) atoms. The Kier molecular flexibility index (Phi) is 6.57. The van der Waals surface area contributed by atoms with E-state index < -0.39 is 4.92 Å². The van der Waals surface area contributed by atoms with Gasteiger partial charge >= 0.3 is 0 Å². The number of carbonyl (C=O) groups excluding carboxylic acids is 1. The molecule has 0 saturated carbocycles. The SMILES string of the molecule is C[C@@H]1C[C@H](C)CN(CCCNC(=O)c2ccc(Cl)c([N+](=O)[O-])c2)C1. The number of nitrogens with one attached hydrogen (secondary N) is 1. The third kappa shape index (κ3) is 5.18. The number of nitro benzene ring substituents is 1. The second-order valence-electron chi connectivity index (χ2n) is 6.74. The van der Waals surface area contributed by atoms with Gasteiger partial charge in [0.05, 0.1) is 4.92 Å². The summed E-state index contributed by atoms with van der Waals surface area (Å²) >= 11 is 5.75. The van der Waals surface area contributed by atoms with Crippen molar-refractivity contribution in [2.75, 3.05) is 26.2 Å². The largest absolute Gasteiger partial charge is 0.352 e. The molecule has 0 bridgehead atoms. The van der Waals surface area contributed by atoms with Crippen LogP contribution in [0.2, 0.25) is 5.02 Å². The molecule has 0 aromatic heterocycles. The minimum Gasteiger partial charge on any atom is -0.352 e. The Hall–Kier alpha value is -1.66. The molecule has 1 heterocycles. The molecule has 6 nitrogen and oxygen atoms in total. The first-order valence-electron chi connectivity index (χ1n) is 8.31. The molecule has 1 aromatic rings. The second kappa shape index (κ2) is 8.44. The van der Waals surface area contributed by atoms with E-state index in [0.29, 0.717) is 6.54 Å². The minimum absolute atomic E-state index is 0.0323. The second-order valence-corrected chi connectivity index (χ2v) is 7.15. The van der Waals surface area contributed by atoms with Crippen molar-refractivity contribution in [1.29, 1.82) is 0 Å². The summed E-state index contributed by atoms with van der Waals surface area (Å²) in [7, 11) is 0. The highest BCUT2D eigenvalue weighted by atomic mass is 35.5. The Morgan fingerprint density at radius 1 is 1.38 bits per heavy atom. The lowest BCUT2D eigenvalue weighted by Gasteiger charge is -2.34. The number of benzene rings is 1. The molecule has 2 rings (SSSR count). The van der Waals surface area contributed by atoms with Gasteiger partial charge in [0.15, 0.2) is 0 Å². The molecular formula is C17H24ClN3O3. The standard InChI is InChI=1S/C17H24ClN3O3/c1-12-8-13(2)11-20(10-12)7-3-6-19-17(22)14-4-5-15(18)16(9-14)21(23)24/h4-5,9,12-13H,3,6-8,10-11H2,1-2H3,(H,19,22)/t12-,13+. The van der Waals surface area contributed by atoms with Crippen LogP contribution in [0.25, 0.3) is 0 Å². The highest BCUT2D eigenvalue weighted by molar-refractivity contribution is 6.32. The van der Waals surface area contributed by atoms with Crippen LogP contribution in [-0.4, -0.2) is 41.9 Å². The molecule has 1 aliphatic rings. The van der Waals surface area contributed by atoms with Gasteiger partial charge in [0.1, 0.15) is 5.02 Å². The predicted molar refractivity (Wildman–Crippen MR) is 94.4 cm³/mol. The molecule has 0 aliphatic carbocycles. The van der Waals surface area contributed by atoms with Gasteiger partial charge < -0.3 is 10.2 Å². The zero-order valence-electron chi connectivity index (χ0n) is 14.1. The highest BCUT2D eigenvalue weighted by Crippen LogP contribution is 2.25. The summed E-state index contributed by atoms with van der Waals surface area (Å²) in [6.07, 6.45) is 2.14. The summed E-state index contributed by atoms with van der Waals surface area (Å²) in [5.74, 6) is 1.13. The van der Waals surface area contributed by atoms with Crippen molar-refractivity contribution in [2.45, 2.75) is 26.7 Å². The Balaban J connectivity index is 1.79. The molecule has 1 N–H and O–H groups in total. The van der Waals surface area contributed by atoms with E-state index >= 15 is 0 Å². The Morgan fingerprint density at radius 2 is 2.04 bits per heavy atom. The van der Waals surface area contributed by atoms with Crippen LogP contribution in [-0.2, 0) is 0 Å². The van der Waals surface area contributed by atoms with E-state index in [4.69, 9.17) is 11.6 Å². The lowest BCUT2D eigenvalue weighted by molar-refractivity contribution is -0.384. The van der Waals surface area contributed by atoms with Gasteiger partial charge in [0.2, 0.25) is 0 Å². The van der Waals surface area contributed by atoms with Gasteiger partial charge in [-0.2, -0.15) is 0 Å². The van der Waals surface area contributed by atoms with E-state index in [1.807, 2.05) is 0 Å². The van der Waals surface area contributed by atoms with Crippen molar-refractivity contribution in [2.24, 2.45) is 11.8 Å². The van der Waals surface area contributed by atoms with Crippen LogP contribution >= 0.6 is 11.6 Å². The zero-order chi connectivity index (χ0) is 17.7. The molecule has 1 aliphatic heterocycles. The maximum atomic E-state index is 12.1. The fourth-order valence-electron chi connectivity index (χ4n) is 3.38. The maximum Gasteiger partial charge on any atom is 0.288 e. The van der Waals surface area contributed by atoms with E-state index in [2.05, 4.69) is 24.1 Å². The van der Waals surface area contributed by atoms with E-state index in [9.17, 15) is 14.9 Å². The van der Waals surface area contributed by atoms with Crippen molar-refractivity contribution in [3.05, 3.63) is 38.9 Å². The number of halogens is 1. The van der Waals surface area contributed by atoms with Crippen LogP contribution in [0.3, 0.4) is 0 Å². The Labute approximate surface area is 147 Å². The van der Waals surface area contributed by atoms with Gasteiger partial charge in [0, 0.05) is 31.3 Å². The number of nitro groups is 1. The van der Waals surface area contributed by atoms with E-state index in [1.54, 1.807) is 0 Å². The molecular weight excluding hydrogens is 330 g/mol. The molecule has 0 spiro atoms. The van der Waals surface area contributed by atoms with Gasteiger partial charge in [-0.05, 0) is 43.4 Å². The van der Waals surface area contributed by atoms with Crippen LogP contribution in [0.5, 0.6) is 0 Å². The fourth-order valence-corrected chi connectivity index (χ4v) is 3.56. The number of hydrogen-bond acceptors (Lipinski definition) is 4. The molecule has 1 saturated heterocycles. The molecule has 1 fully saturated rings. The van der Waals surface area contributed by atoms with Crippen LogP contribution < -0.4 is 5.32 Å². The number of amides is 1. The zero-order valence-corrected chi connectivity index (χ0v) is 14.9. The molecule has 2 atom stereocenters. The maximum absolute atomic E-state index is 12.1. The Bertz CT molecular complexity index is 599. The monoisotopic (exact) mass is 353 g/mol. The third-order valence-electron chi connectivity index (χ3n) is 4.29. The summed E-state index contributed by atoms with van der Waals surface area (Å²) in [6.45, 7) is 8.28. The topological polar surface area (TPSA) is 75.5 Å². The van der Waals surface area contributed by atoms with Gasteiger partial charge in [-0.1, -0.05) is 25.4 Å². The number of rotatable bonds is 6. The summed E-state index contributed by atoms with van der Waals surface area (Å²) in [5.41, 5.74) is 0.00641. The van der Waals surface area contributed by atoms with E-state index in [0.717, 1.165) is 37.9 Å². The molecule has 7 heteroatoms. The number of hydrogen-bond donors (Lipinski definition) is 1. The normalized spacial score (nSPS) is 21.5. The number of carbonyl (C=O) groups is 1. The molecule has 1 amide bonds. The van der Waals surface area contributed by atoms with Gasteiger partial charge in [-0.15, -0.1) is 0 Å². The third-order valence-corrected chi connectivity index (χ3v) is 4.61. The summed E-state index contributed by atoms with van der Waals surface area (Å²) in [5, 5.41) is 13.7. The molecule has 0 unspecified atom stereocenters. The lowest BCUT2D eigenvalue weighted by atomic mass is 9.92. The van der Waals surface area contributed by atoms with Crippen molar-refractivity contribution < 1.29 is 9.72 Å². The molecule has 132 valence electrons. The average Bonchev–Trinajstić information content (AvgIpc) is 2.50. The van der Waals surface area contributed by atoms with Crippen molar-refractivity contribution in [3.8, 4) is 0 Å². The summed E-state index contributed by atoms with van der Waals surface area (Å²) in [4.78, 5) is 24.8. The molecule has 1 aromatic carbocycles. The predicted octanol–water partition coefficient (Wildman–Crippen LogP) is 3.35. The van der Waals surface area contributed by atoms with Crippen LogP contribution in [0.1, 0.15) is 37.0 Å². The quantitative estimate of drug-likeness (QED) is 0.483. The average molecular weight is 354 g/mol. The number of nitrogens with zero attached hydrogens (tertiary/aromatic N) is 2. The minimum atomic E-state index is -0.586. The first-order valence-corrected chi connectivity index (χ1v) is 8.69. The Morgan fingerprint density at radius 3 is 2.67 bits per heavy atom. The van der Waals surface area contributed by atoms with Crippen molar-refractivity contribution >= 4 is 23.2 Å². The van der Waals surface area contributed by atoms with E-state index in [1.165, 1.54) is 24.6 Å². The fraction of sp³-hybridized carbons (Fsp3) is 0.588. The van der Waals surface area contributed by atoms with Gasteiger partial charge in [-0.25, -0.2) is 0 Å². The molecule has 0 radical (unpaired) electrons. The summed E-state index contributed by atoms with van der Waals surface area (Å²) in [6, 6.07) is 4.09. The first kappa shape index (κ1) is 18.7. The van der Waals surface area contributed by atoms with Crippen LogP contribution in [0.15, 0.2) is 18.2 Å². The van der Waals surface area contributed by atoms with Crippen molar-refractivity contribution in [3.63, 3.8) is 0 Å². The lowest BCUT2D eigenvalue weighted by Crippen LogP contribution is -2.40. The highest BCUT2D eigenvalue weighted by Gasteiger charge is 2.21. The number of piperidine rings is 1. The van der Waals surface area contributed by atoms with Gasteiger partial charge in [0.25, 0.3) is 11.6 Å². The number of likely N-dealkylation sites (tertiary alicyclic amines) is 1. The van der Waals surface area contributed by atoms with Crippen LogP contribution in [0, 0.1) is 22.0 Å². The van der Waals surface area contributed by atoms with Gasteiger partial charge in [-0.3, -0.25) is 14.9 Å². The summed E-state index contributed by atoms with van der Waals surface area (Å²) < 4.78 is 0. The van der Waals surface area contributed by atoms with Crippen LogP contribution in [0.4, 0.5) is 5.69 Å². The smallest absolute Gasteiger partial charge is 0.288 e. The van der Waals surface area contributed by atoms with Crippen molar-refractivity contribution in [1.82, 2.24) is 10.2 Å². The first-order chi connectivity index (χ1) is 11.4. The van der Waals surface area contributed by atoms with E-state index in [-0.39, 0.29) is 22.2 Å².